The molecule has 0 saturated carbocycles. The molecule has 0 aliphatic heterocycles. The second kappa shape index (κ2) is 3.97. The molecule has 0 aliphatic carbocycles. The van der Waals surface area contributed by atoms with Crippen LogP contribution in [0.15, 0.2) is 0 Å². The Bertz CT molecular complexity index is 65.0. The molecule has 0 aromatic carbocycles. The van der Waals surface area contributed by atoms with Gasteiger partial charge in [0.25, 0.3) is 0 Å². The van der Waals surface area contributed by atoms with Crippen LogP contribution in [0.2, 0.25) is 11.6 Å². The average Bonchev–Trinajstić information content (AvgIpc) is 1.89. The summed E-state index contributed by atoms with van der Waals surface area (Å²) >= 11 is 0. The Kier molecular flexibility index (Phi) is 4.00. The van der Waals surface area contributed by atoms with Crippen LogP contribution < -0.4 is 0 Å². The van der Waals surface area contributed by atoms with E-state index in [0.29, 0.717) is 5.31 Å². The van der Waals surface area contributed by atoms with E-state index in [1.54, 1.807) is 0 Å². The SMILES string of the molecule is CC[B]C(C)(CC)CC. The Morgan fingerprint density at radius 1 is 1.11 bits per heavy atom. The van der Waals surface area contributed by atoms with Crippen molar-refractivity contribution in [3.05, 3.63) is 0 Å². The van der Waals surface area contributed by atoms with Gasteiger partial charge in [-0.3, -0.25) is 0 Å². The number of hydrogen-bond acceptors (Lipinski definition) is 0. The molecule has 0 heterocycles. The first-order valence-corrected chi connectivity index (χ1v) is 4.03. The molecule has 0 unspecified atom stereocenters. The van der Waals surface area contributed by atoms with Crippen LogP contribution in [0.5, 0.6) is 0 Å². The van der Waals surface area contributed by atoms with E-state index in [0.717, 1.165) is 0 Å². The zero-order chi connectivity index (χ0) is 7.33. The Labute approximate surface area is 60.3 Å². The lowest BCUT2D eigenvalue weighted by atomic mass is 9.49. The van der Waals surface area contributed by atoms with E-state index in [-0.39, 0.29) is 0 Å². The highest BCUT2D eigenvalue weighted by Gasteiger charge is 2.18. The Morgan fingerprint density at radius 2 is 1.56 bits per heavy atom. The standard InChI is InChI=1S/C8H18B/c1-5-8(4,6-2)9-7-3/h5-7H2,1-4H3. The maximum atomic E-state index is 2.42. The zero-order valence-electron chi connectivity index (χ0n) is 7.20. The van der Waals surface area contributed by atoms with Gasteiger partial charge in [-0.15, -0.1) is 0 Å². The molecular formula is C8H18B. The molecule has 0 N–H and O–H groups in total. The van der Waals surface area contributed by atoms with E-state index < -0.39 is 0 Å². The minimum Gasteiger partial charge on any atom is -0.0824 e. The summed E-state index contributed by atoms with van der Waals surface area (Å²) < 4.78 is 0. The second-order valence-electron chi connectivity index (χ2n) is 2.97. The van der Waals surface area contributed by atoms with Gasteiger partial charge in [-0.05, 0) is 0 Å². The highest BCUT2D eigenvalue weighted by molar-refractivity contribution is 6.39. The fourth-order valence-electron chi connectivity index (χ4n) is 1.03. The minimum absolute atomic E-state index is 0.509. The van der Waals surface area contributed by atoms with Crippen molar-refractivity contribution >= 4 is 7.28 Å². The maximum Gasteiger partial charge on any atom is 0.117 e. The van der Waals surface area contributed by atoms with Crippen molar-refractivity contribution in [3.63, 3.8) is 0 Å². The molecule has 9 heavy (non-hydrogen) atoms. The summed E-state index contributed by atoms with van der Waals surface area (Å²) in [6.45, 7) is 9.06. The van der Waals surface area contributed by atoms with Crippen molar-refractivity contribution in [2.24, 2.45) is 0 Å². The molecular weight excluding hydrogens is 107 g/mol. The highest BCUT2D eigenvalue weighted by atomic mass is 14.1. The molecule has 0 fully saturated rings. The summed E-state index contributed by atoms with van der Waals surface area (Å²) in [5.41, 5.74) is 0. The lowest BCUT2D eigenvalue weighted by molar-refractivity contribution is 0.561. The molecule has 0 atom stereocenters. The number of hydrogen-bond donors (Lipinski definition) is 0. The Hall–Kier alpha value is 0.0649. The molecule has 0 aromatic heterocycles. The van der Waals surface area contributed by atoms with E-state index in [1.165, 1.54) is 19.2 Å². The van der Waals surface area contributed by atoms with E-state index in [1.807, 2.05) is 0 Å². The van der Waals surface area contributed by atoms with Gasteiger partial charge in [0.15, 0.2) is 0 Å². The van der Waals surface area contributed by atoms with Gasteiger partial charge in [0.1, 0.15) is 7.28 Å². The Morgan fingerprint density at radius 3 is 1.67 bits per heavy atom. The van der Waals surface area contributed by atoms with Gasteiger partial charge < -0.3 is 0 Å². The third-order valence-electron chi connectivity index (χ3n) is 2.31. The van der Waals surface area contributed by atoms with E-state index >= 15 is 0 Å². The normalized spacial score (nSPS) is 11.6. The second-order valence-corrected chi connectivity index (χ2v) is 2.97. The molecule has 0 aliphatic rings. The molecule has 0 aromatic rings. The van der Waals surface area contributed by atoms with Crippen LogP contribution >= 0.6 is 0 Å². The molecule has 0 saturated heterocycles. The van der Waals surface area contributed by atoms with Crippen LogP contribution in [0.1, 0.15) is 40.5 Å². The van der Waals surface area contributed by atoms with Crippen molar-refractivity contribution in [3.8, 4) is 0 Å². The third-order valence-corrected chi connectivity index (χ3v) is 2.31. The van der Waals surface area contributed by atoms with Gasteiger partial charge >= 0.3 is 0 Å². The molecule has 1 radical (unpaired) electrons. The lowest BCUT2D eigenvalue weighted by Gasteiger charge is -2.24. The molecule has 0 bridgehead atoms. The maximum absolute atomic E-state index is 2.42. The van der Waals surface area contributed by atoms with Crippen molar-refractivity contribution < 1.29 is 0 Å². The summed E-state index contributed by atoms with van der Waals surface area (Å²) in [6, 6.07) is 0. The fraction of sp³-hybridized carbons (Fsp3) is 1.00. The third kappa shape index (κ3) is 2.93. The number of rotatable bonds is 4. The summed E-state index contributed by atoms with van der Waals surface area (Å²) in [5.74, 6) is 0. The zero-order valence-corrected chi connectivity index (χ0v) is 7.20. The van der Waals surface area contributed by atoms with Crippen LogP contribution in [-0.2, 0) is 0 Å². The molecule has 0 amide bonds. The van der Waals surface area contributed by atoms with Gasteiger partial charge in [0.05, 0.1) is 0 Å². The first-order chi connectivity index (χ1) is 4.18. The molecule has 1 heteroatoms. The lowest BCUT2D eigenvalue weighted by Crippen LogP contribution is -2.13. The first-order valence-electron chi connectivity index (χ1n) is 4.03. The summed E-state index contributed by atoms with van der Waals surface area (Å²) in [4.78, 5) is 0. The predicted octanol–water partition coefficient (Wildman–Crippen LogP) is 3.13. The quantitative estimate of drug-likeness (QED) is 0.506. The van der Waals surface area contributed by atoms with E-state index in [9.17, 15) is 0 Å². The smallest absolute Gasteiger partial charge is 0.0824 e. The van der Waals surface area contributed by atoms with Crippen molar-refractivity contribution in [1.29, 1.82) is 0 Å². The molecule has 0 nitrogen and oxygen atoms in total. The first kappa shape index (κ1) is 9.06. The largest absolute Gasteiger partial charge is 0.117 e. The van der Waals surface area contributed by atoms with E-state index in [2.05, 4.69) is 35.0 Å². The highest BCUT2D eigenvalue weighted by Crippen LogP contribution is 2.32. The topological polar surface area (TPSA) is 0 Å². The Balaban J connectivity index is 3.62. The molecule has 53 valence electrons. The van der Waals surface area contributed by atoms with Gasteiger partial charge in [0, 0.05) is 0 Å². The van der Waals surface area contributed by atoms with Gasteiger partial charge in [-0.25, -0.2) is 0 Å². The van der Waals surface area contributed by atoms with Crippen LogP contribution in [0.4, 0.5) is 0 Å². The van der Waals surface area contributed by atoms with Crippen LogP contribution in [0.3, 0.4) is 0 Å². The summed E-state index contributed by atoms with van der Waals surface area (Å²) in [5, 5.41) is 0.509. The van der Waals surface area contributed by atoms with Gasteiger partial charge in [-0.2, -0.15) is 0 Å². The minimum atomic E-state index is 0.509. The average molecular weight is 125 g/mol. The summed E-state index contributed by atoms with van der Waals surface area (Å²) in [6.07, 6.45) is 3.76. The van der Waals surface area contributed by atoms with Crippen LogP contribution in [-0.4, -0.2) is 7.28 Å². The van der Waals surface area contributed by atoms with Crippen molar-refractivity contribution in [2.45, 2.75) is 52.2 Å². The van der Waals surface area contributed by atoms with Gasteiger partial charge in [0.2, 0.25) is 0 Å². The summed E-state index contributed by atoms with van der Waals surface area (Å²) in [7, 11) is 2.42. The fourth-order valence-corrected chi connectivity index (χ4v) is 1.03. The monoisotopic (exact) mass is 125 g/mol. The van der Waals surface area contributed by atoms with Crippen LogP contribution in [0, 0.1) is 0 Å². The van der Waals surface area contributed by atoms with Crippen molar-refractivity contribution in [1.82, 2.24) is 0 Å². The van der Waals surface area contributed by atoms with Crippen LogP contribution in [0.25, 0.3) is 0 Å². The molecule has 0 rings (SSSR count). The molecule has 0 spiro atoms. The van der Waals surface area contributed by atoms with Gasteiger partial charge in [-0.1, -0.05) is 52.2 Å². The predicted molar refractivity (Wildman–Crippen MR) is 45.2 cm³/mol. The van der Waals surface area contributed by atoms with Crippen molar-refractivity contribution in [2.75, 3.05) is 0 Å². The van der Waals surface area contributed by atoms with E-state index in [4.69, 9.17) is 0 Å².